The van der Waals surface area contributed by atoms with Crippen LogP contribution in [0.4, 0.5) is 0 Å². The molecule has 2 unspecified atom stereocenters. The molecule has 1 aliphatic heterocycles. The summed E-state index contributed by atoms with van der Waals surface area (Å²) in [5.74, 6) is 0. The van der Waals surface area contributed by atoms with E-state index in [0.29, 0.717) is 17.4 Å². The SMILES string of the molecule is c1ccc(C2CCC(c3ccccc3)P2N(C2CC2)P(c2ccccc2)c2ccccc2)cc1. The van der Waals surface area contributed by atoms with Gasteiger partial charge in [0.25, 0.3) is 0 Å². The first-order valence-electron chi connectivity index (χ1n) is 12.5. The molecule has 1 nitrogen and oxygen atoms in total. The lowest BCUT2D eigenvalue weighted by Gasteiger charge is -2.42. The second kappa shape index (κ2) is 10.1. The number of rotatable bonds is 7. The molecule has 170 valence electrons. The third-order valence-electron chi connectivity index (χ3n) is 7.04. The van der Waals surface area contributed by atoms with Crippen LogP contribution in [0.2, 0.25) is 0 Å². The van der Waals surface area contributed by atoms with Crippen molar-refractivity contribution in [3.63, 3.8) is 0 Å². The lowest BCUT2D eigenvalue weighted by Crippen LogP contribution is -2.28. The molecular weight excluding hydrogens is 448 g/mol. The maximum Gasteiger partial charge on any atom is 0.0321 e. The van der Waals surface area contributed by atoms with Gasteiger partial charge in [-0.1, -0.05) is 121 Å². The highest BCUT2D eigenvalue weighted by atomic mass is 31.2. The van der Waals surface area contributed by atoms with Crippen LogP contribution in [0.15, 0.2) is 121 Å². The molecule has 4 aromatic rings. The van der Waals surface area contributed by atoms with Crippen molar-refractivity contribution in [3.8, 4) is 0 Å². The first kappa shape index (κ1) is 22.2. The summed E-state index contributed by atoms with van der Waals surface area (Å²) in [5.41, 5.74) is 4.32. The average molecular weight is 480 g/mol. The van der Waals surface area contributed by atoms with E-state index in [1.54, 1.807) is 0 Å². The van der Waals surface area contributed by atoms with Gasteiger partial charge in [-0.05, 0) is 55.5 Å². The van der Waals surface area contributed by atoms with E-state index < -0.39 is 8.07 Å². The van der Waals surface area contributed by atoms with E-state index in [1.807, 2.05) is 0 Å². The third-order valence-corrected chi connectivity index (χ3v) is 13.7. The zero-order chi connectivity index (χ0) is 22.7. The highest BCUT2D eigenvalue weighted by Crippen LogP contribution is 2.78. The third kappa shape index (κ3) is 4.50. The summed E-state index contributed by atoms with van der Waals surface area (Å²) in [7, 11) is -0.964. The molecule has 0 N–H and O–H groups in total. The highest BCUT2D eigenvalue weighted by Gasteiger charge is 2.49. The Balaban J connectivity index is 1.50. The molecule has 1 heterocycles. The van der Waals surface area contributed by atoms with Crippen molar-refractivity contribution in [1.82, 2.24) is 4.44 Å². The van der Waals surface area contributed by atoms with Crippen LogP contribution in [-0.2, 0) is 0 Å². The normalized spacial score (nSPS) is 22.4. The van der Waals surface area contributed by atoms with Gasteiger partial charge in [0.1, 0.15) is 0 Å². The molecule has 34 heavy (non-hydrogen) atoms. The van der Waals surface area contributed by atoms with E-state index in [1.165, 1.54) is 47.4 Å². The summed E-state index contributed by atoms with van der Waals surface area (Å²) >= 11 is 0. The van der Waals surface area contributed by atoms with Gasteiger partial charge < -0.3 is 0 Å². The Labute approximate surface area is 206 Å². The number of hydrogen-bond acceptors (Lipinski definition) is 1. The zero-order valence-electron chi connectivity index (χ0n) is 19.4. The standard InChI is InChI=1S/C31H31NP2/c1-5-13-25(14-6-1)30-23-24-31(26-15-7-2-8-16-26)34(30)32(27-21-22-27)33(28-17-9-3-10-18-28)29-19-11-4-12-20-29/h1-20,27,30-31H,21-24H2. The minimum atomic E-state index is -0.574. The van der Waals surface area contributed by atoms with E-state index in [4.69, 9.17) is 0 Å². The molecule has 0 spiro atoms. The van der Waals surface area contributed by atoms with Crippen molar-refractivity contribution in [3.05, 3.63) is 132 Å². The summed E-state index contributed by atoms with van der Waals surface area (Å²) < 4.78 is 3.07. The maximum atomic E-state index is 3.07. The Morgan fingerprint density at radius 2 is 0.882 bits per heavy atom. The smallest absolute Gasteiger partial charge is 0.0321 e. The van der Waals surface area contributed by atoms with Crippen LogP contribution in [0, 0.1) is 0 Å². The molecule has 0 radical (unpaired) electrons. The van der Waals surface area contributed by atoms with E-state index in [0.717, 1.165) is 0 Å². The van der Waals surface area contributed by atoms with Crippen LogP contribution in [0.1, 0.15) is 48.1 Å². The van der Waals surface area contributed by atoms with Crippen molar-refractivity contribution in [2.24, 2.45) is 0 Å². The molecule has 3 heteroatoms. The van der Waals surface area contributed by atoms with Crippen LogP contribution in [0.3, 0.4) is 0 Å². The molecule has 2 fully saturated rings. The number of benzene rings is 4. The predicted octanol–water partition coefficient (Wildman–Crippen LogP) is 8.17. The van der Waals surface area contributed by atoms with Crippen molar-refractivity contribution >= 4 is 26.8 Å². The summed E-state index contributed by atoms with van der Waals surface area (Å²) in [5, 5.41) is 2.98. The van der Waals surface area contributed by atoms with Crippen molar-refractivity contribution in [2.75, 3.05) is 0 Å². The molecule has 1 aliphatic carbocycles. The van der Waals surface area contributed by atoms with Gasteiger partial charge in [-0.3, -0.25) is 0 Å². The van der Waals surface area contributed by atoms with E-state index in [9.17, 15) is 0 Å². The van der Waals surface area contributed by atoms with E-state index >= 15 is 0 Å². The van der Waals surface area contributed by atoms with Crippen LogP contribution in [0.5, 0.6) is 0 Å². The Hall–Kier alpha value is -2.30. The lowest BCUT2D eigenvalue weighted by molar-refractivity contribution is 0.685. The molecule has 6 rings (SSSR count). The number of nitrogens with zero attached hydrogens (tertiary/aromatic N) is 1. The molecule has 0 bridgehead atoms. The fraction of sp³-hybridized carbons (Fsp3) is 0.226. The van der Waals surface area contributed by atoms with Crippen molar-refractivity contribution in [1.29, 1.82) is 0 Å². The lowest BCUT2D eigenvalue weighted by atomic mass is 10.0. The second-order valence-corrected chi connectivity index (χ2v) is 14.2. The van der Waals surface area contributed by atoms with Gasteiger partial charge in [0.05, 0.1) is 0 Å². The zero-order valence-corrected chi connectivity index (χ0v) is 21.2. The second-order valence-electron chi connectivity index (χ2n) is 9.34. The van der Waals surface area contributed by atoms with Gasteiger partial charge >= 0.3 is 0 Å². The van der Waals surface area contributed by atoms with Crippen LogP contribution in [-0.4, -0.2) is 10.5 Å². The van der Waals surface area contributed by atoms with E-state index in [2.05, 4.69) is 126 Å². The predicted molar refractivity (Wildman–Crippen MR) is 148 cm³/mol. The molecule has 4 aromatic carbocycles. The Kier molecular flexibility index (Phi) is 6.61. The van der Waals surface area contributed by atoms with Crippen molar-refractivity contribution < 1.29 is 0 Å². The van der Waals surface area contributed by atoms with Crippen LogP contribution < -0.4 is 10.6 Å². The molecule has 2 atom stereocenters. The Morgan fingerprint density at radius 1 is 0.500 bits per heavy atom. The van der Waals surface area contributed by atoms with Gasteiger partial charge in [0.15, 0.2) is 0 Å². The van der Waals surface area contributed by atoms with Crippen molar-refractivity contribution in [2.45, 2.75) is 43.0 Å². The average Bonchev–Trinajstić information content (AvgIpc) is 3.67. The van der Waals surface area contributed by atoms with Gasteiger partial charge in [-0.15, -0.1) is 0 Å². The van der Waals surface area contributed by atoms with Gasteiger partial charge in [-0.2, -0.15) is 0 Å². The van der Waals surface area contributed by atoms with Gasteiger partial charge in [-0.25, -0.2) is 4.44 Å². The summed E-state index contributed by atoms with van der Waals surface area (Å²) in [6.07, 6.45) is 5.23. The largest absolute Gasteiger partial charge is 0.248 e. The first-order chi connectivity index (χ1) is 16.9. The summed E-state index contributed by atoms with van der Waals surface area (Å²) in [6, 6.07) is 46.2. The van der Waals surface area contributed by atoms with Crippen LogP contribution in [0.25, 0.3) is 0 Å². The minimum Gasteiger partial charge on any atom is -0.248 e. The van der Waals surface area contributed by atoms with Crippen LogP contribution >= 0.6 is 16.1 Å². The van der Waals surface area contributed by atoms with E-state index in [-0.39, 0.29) is 8.07 Å². The topological polar surface area (TPSA) is 3.24 Å². The molecular formula is C31H31NP2. The fourth-order valence-corrected chi connectivity index (χ4v) is 13.2. The maximum absolute atomic E-state index is 3.07. The molecule has 1 saturated heterocycles. The quantitative estimate of drug-likeness (QED) is 0.242. The Bertz CT molecular complexity index is 1090. The van der Waals surface area contributed by atoms with Gasteiger partial charge in [0.2, 0.25) is 0 Å². The first-order valence-corrected chi connectivity index (χ1v) is 15.2. The highest BCUT2D eigenvalue weighted by molar-refractivity contribution is 7.79. The molecule has 1 saturated carbocycles. The molecule has 0 amide bonds. The molecule has 0 aromatic heterocycles. The number of hydrogen-bond donors (Lipinski definition) is 0. The Morgan fingerprint density at radius 3 is 1.26 bits per heavy atom. The fourth-order valence-electron chi connectivity index (χ4n) is 5.36. The summed E-state index contributed by atoms with van der Waals surface area (Å²) in [4.78, 5) is 0. The minimum absolute atomic E-state index is 0.389. The van der Waals surface area contributed by atoms with Gasteiger partial charge in [0, 0.05) is 25.4 Å². The summed E-state index contributed by atoms with van der Waals surface area (Å²) in [6.45, 7) is 0. The molecule has 2 aliphatic rings. The monoisotopic (exact) mass is 479 g/mol.